The first-order chi connectivity index (χ1) is 13.2. The first-order valence-corrected chi connectivity index (χ1v) is 9.95. The van der Waals surface area contributed by atoms with Crippen LogP contribution in [0.4, 0.5) is 4.79 Å². The lowest BCUT2D eigenvalue weighted by atomic mass is 10.1. The summed E-state index contributed by atoms with van der Waals surface area (Å²) in [6.45, 7) is 1.31. The van der Waals surface area contributed by atoms with Crippen molar-refractivity contribution in [2.45, 2.75) is 30.8 Å². The number of hydrogen-bond acceptors (Lipinski definition) is 6. The molecule has 0 aliphatic heterocycles. The van der Waals surface area contributed by atoms with E-state index < -0.39 is 34.0 Å². The van der Waals surface area contributed by atoms with E-state index in [0.29, 0.717) is 0 Å². The largest absolute Gasteiger partial charge is 0.453 e. The van der Waals surface area contributed by atoms with Gasteiger partial charge >= 0.3 is 12.0 Å². The van der Waals surface area contributed by atoms with E-state index in [0.717, 1.165) is 10.8 Å². The number of ether oxygens (including phenoxy) is 1. The van der Waals surface area contributed by atoms with Crippen LogP contribution in [0, 0.1) is 0 Å². The summed E-state index contributed by atoms with van der Waals surface area (Å²) in [6, 6.07) is 11.2. The van der Waals surface area contributed by atoms with E-state index in [2.05, 4.69) is 4.72 Å². The van der Waals surface area contributed by atoms with Crippen LogP contribution in [0.5, 0.6) is 0 Å². The first-order valence-electron chi connectivity index (χ1n) is 8.47. The minimum Gasteiger partial charge on any atom is -0.453 e. The molecular weight excluding hydrogens is 386 g/mol. The molecule has 4 N–H and O–H groups in total. The Bertz CT molecular complexity index is 990. The molecule has 0 bridgehead atoms. The van der Waals surface area contributed by atoms with Crippen molar-refractivity contribution in [3.8, 4) is 0 Å². The van der Waals surface area contributed by atoms with Gasteiger partial charge in [-0.2, -0.15) is 0 Å². The number of benzene rings is 2. The number of rotatable bonds is 8. The second-order valence-electron chi connectivity index (χ2n) is 6.00. The molecule has 0 aliphatic rings. The average Bonchev–Trinajstić information content (AvgIpc) is 2.64. The number of primary amides is 1. The number of nitrogens with two attached hydrogens (primary N) is 1. The van der Waals surface area contributed by atoms with Crippen LogP contribution >= 0.6 is 0 Å². The predicted octanol–water partition coefficient (Wildman–Crippen LogP) is 1.02. The lowest BCUT2D eigenvalue weighted by Crippen LogP contribution is -2.42. The van der Waals surface area contributed by atoms with Gasteiger partial charge in [0.2, 0.25) is 10.0 Å². The predicted molar refractivity (Wildman–Crippen MR) is 102 cm³/mol. The Kier molecular flexibility index (Phi) is 7.07. The van der Waals surface area contributed by atoms with Crippen LogP contribution in [-0.2, 0) is 24.3 Å². The lowest BCUT2D eigenvalue weighted by molar-refractivity contribution is -0.154. The normalized spacial score (nSPS) is 12.3. The van der Waals surface area contributed by atoms with Crippen molar-refractivity contribution in [3.05, 3.63) is 42.5 Å². The zero-order valence-electron chi connectivity index (χ0n) is 15.2. The third kappa shape index (κ3) is 6.03. The Labute approximate surface area is 162 Å². The third-order valence-electron chi connectivity index (χ3n) is 3.80. The molecule has 0 spiro atoms. The van der Waals surface area contributed by atoms with Gasteiger partial charge in [0.25, 0.3) is 5.91 Å². The average molecular weight is 407 g/mol. The fourth-order valence-electron chi connectivity index (χ4n) is 2.39. The number of carbonyl (C=O) groups is 3. The summed E-state index contributed by atoms with van der Waals surface area (Å²) in [5, 5.41) is 3.53. The summed E-state index contributed by atoms with van der Waals surface area (Å²) in [5.74, 6) is -1.53. The number of urea groups is 1. The highest BCUT2D eigenvalue weighted by Crippen LogP contribution is 2.18. The zero-order valence-corrected chi connectivity index (χ0v) is 16.0. The molecule has 0 saturated carbocycles. The van der Waals surface area contributed by atoms with Crippen LogP contribution in [0.2, 0.25) is 0 Å². The summed E-state index contributed by atoms with van der Waals surface area (Å²) in [7, 11) is -3.72. The third-order valence-corrected chi connectivity index (χ3v) is 5.26. The van der Waals surface area contributed by atoms with Crippen molar-refractivity contribution in [2.24, 2.45) is 5.73 Å². The van der Waals surface area contributed by atoms with Gasteiger partial charge in [0.15, 0.2) is 6.10 Å². The van der Waals surface area contributed by atoms with Crippen LogP contribution in [0.3, 0.4) is 0 Å². The van der Waals surface area contributed by atoms with Crippen molar-refractivity contribution in [2.75, 3.05) is 6.54 Å². The summed E-state index contributed by atoms with van der Waals surface area (Å²) in [5.41, 5.74) is 4.80. The van der Waals surface area contributed by atoms with E-state index in [4.69, 9.17) is 10.5 Å². The number of esters is 1. The number of sulfonamides is 1. The molecular formula is C18H21N3O6S. The van der Waals surface area contributed by atoms with Crippen molar-refractivity contribution < 1.29 is 27.5 Å². The molecule has 0 unspecified atom stereocenters. The lowest BCUT2D eigenvalue weighted by Gasteiger charge is -2.12. The Morgan fingerprint density at radius 3 is 2.46 bits per heavy atom. The van der Waals surface area contributed by atoms with Gasteiger partial charge in [0.05, 0.1) is 4.90 Å². The van der Waals surface area contributed by atoms with Gasteiger partial charge in [-0.25, -0.2) is 17.9 Å². The molecule has 0 saturated heterocycles. The number of fused-ring (bicyclic) bond motifs is 1. The van der Waals surface area contributed by atoms with Gasteiger partial charge in [-0.15, -0.1) is 0 Å². The fraction of sp³-hybridized carbons (Fsp3) is 0.278. The molecule has 0 aromatic heterocycles. The fourth-order valence-corrected chi connectivity index (χ4v) is 3.50. The number of carbonyl (C=O) groups excluding carboxylic acids is 3. The standard InChI is InChI=1S/C18H21N3O6S/c1-12(17(23)21-18(19)24)27-16(22)7-4-10-20-28(25,26)15-9-8-13-5-2-3-6-14(13)11-15/h2-3,5-6,8-9,11-12,20H,4,7,10H2,1H3,(H3,19,21,23,24)/t12-/m0/s1. The summed E-state index contributed by atoms with van der Waals surface area (Å²) < 4.78 is 32.0. The Balaban J connectivity index is 1.82. The van der Waals surface area contributed by atoms with Crippen LogP contribution in [-0.4, -0.2) is 39.0 Å². The topological polar surface area (TPSA) is 145 Å². The van der Waals surface area contributed by atoms with Crippen LogP contribution in [0.1, 0.15) is 19.8 Å². The summed E-state index contributed by atoms with van der Waals surface area (Å²) >= 11 is 0. The molecule has 0 radical (unpaired) electrons. The van der Waals surface area contributed by atoms with E-state index >= 15 is 0 Å². The van der Waals surface area contributed by atoms with Gasteiger partial charge in [-0.05, 0) is 36.2 Å². The van der Waals surface area contributed by atoms with Gasteiger partial charge in [-0.3, -0.25) is 14.9 Å². The maximum Gasteiger partial charge on any atom is 0.318 e. The smallest absolute Gasteiger partial charge is 0.318 e. The molecule has 2 aromatic rings. The molecule has 1 atom stereocenters. The van der Waals surface area contributed by atoms with Gasteiger partial charge < -0.3 is 10.5 Å². The SMILES string of the molecule is C[C@H](OC(=O)CCCNS(=O)(=O)c1ccc2ccccc2c1)C(=O)NC(N)=O. The molecule has 0 aliphatic carbocycles. The molecule has 150 valence electrons. The Morgan fingerprint density at radius 2 is 1.79 bits per heavy atom. The van der Waals surface area contributed by atoms with E-state index in [1.165, 1.54) is 13.0 Å². The number of nitrogens with one attached hydrogen (secondary N) is 2. The Morgan fingerprint density at radius 1 is 1.11 bits per heavy atom. The van der Waals surface area contributed by atoms with E-state index in [9.17, 15) is 22.8 Å². The van der Waals surface area contributed by atoms with Gasteiger partial charge in [0.1, 0.15) is 0 Å². The number of imide groups is 1. The van der Waals surface area contributed by atoms with Crippen LogP contribution in [0.25, 0.3) is 10.8 Å². The molecule has 0 heterocycles. The summed E-state index contributed by atoms with van der Waals surface area (Å²) in [6.07, 6.45) is -1.11. The van der Waals surface area contributed by atoms with Crippen molar-refractivity contribution in [1.29, 1.82) is 0 Å². The zero-order chi connectivity index (χ0) is 20.7. The number of hydrogen-bond donors (Lipinski definition) is 3. The molecule has 3 amide bonds. The second-order valence-corrected chi connectivity index (χ2v) is 7.76. The minimum atomic E-state index is -3.72. The molecule has 0 fully saturated rings. The van der Waals surface area contributed by atoms with Gasteiger partial charge in [-0.1, -0.05) is 30.3 Å². The molecule has 2 rings (SSSR count). The van der Waals surface area contributed by atoms with Gasteiger partial charge in [0, 0.05) is 13.0 Å². The van der Waals surface area contributed by atoms with Crippen molar-refractivity contribution >= 4 is 38.7 Å². The van der Waals surface area contributed by atoms with Crippen LogP contribution < -0.4 is 15.8 Å². The maximum absolute atomic E-state index is 12.4. The molecule has 2 aromatic carbocycles. The quantitative estimate of drug-likeness (QED) is 0.440. The number of amides is 3. The first kappa shape index (κ1) is 21.3. The monoisotopic (exact) mass is 407 g/mol. The molecule has 10 heteroatoms. The second kappa shape index (κ2) is 9.29. The molecule has 28 heavy (non-hydrogen) atoms. The summed E-state index contributed by atoms with van der Waals surface area (Å²) in [4.78, 5) is 33.8. The Hall–Kier alpha value is -2.98. The highest BCUT2D eigenvalue weighted by Gasteiger charge is 2.19. The highest BCUT2D eigenvalue weighted by molar-refractivity contribution is 7.89. The van der Waals surface area contributed by atoms with E-state index in [-0.39, 0.29) is 24.3 Å². The minimum absolute atomic E-state index is 0.0200. The van der Waals surface area contributed by atoms with Crippen LogP contribution in [0.15, 0.2) is 47.4 Å². The molecule has 9 nitrogen and oxygen atoms in total. The van der Waals surface area contributed by atoms with E-state index in [1.54, 1.807) is 17.4 Å². The van der Waals surface area contributed by atoms with Crippen molar-refractivity contribution in [1.82, 2.24) is 10.0 Å². The van der Waals surface area contributed by atoms with Crippen molar-refractivity contribution in [3.63, 3.8) is 0 Å². The maximum atomic E-state index is 12.4. The van der Waals surface area contributed by atoms with E-state index in [1.807, 2.05) is 24.3 Å². The highest BCUT2D eigenvalue weighted by atomic mass is 32.2.